The fourth-order valence-corrected chi connectivity index (χ4v) is 3.52. The molecule has 2 aromatic carbocycles. The van der Waals surface area contributed by atoms with Crippen molar-refractivity contribution in [2.75, 3.05) is 6.61 Å². The fraction of sp³-hybridized carbons (Fsp3) is 0.292. The maximum atomic E-state index is 12.2. The molecule has 3 aromatic rings. The molecule has 3 rings (SSSR count). The number of ether oxygens (including phenoxy) is 3. The van der Waals surface area contributed by atoms with Gasteiger partial charge < -0.3 is 14.2 Å². The first-order chi connectivity index (χ1) is 14.8. The lowest BCUT2D eigenvalue weighted by molar-refractivity contribution is 0.00692. The van der Waals surface area contributed by atoms with Crippen molar-refractivity contribution in [3.05, 3.63) is 70.7 Å². The Bertz CT molecular complexity index is 1050. The van der Waals surface area contributed by atoms with E-state index in [4.69, 9.17) is 14.2 Å². The van der Waals surface area contributed by atoms with Gasteiger partial charge in [-0.05, 0) is 57.5 Å². The van der Waals surface area contributed by atoms with Gasteiger partial charge in [-0.3, -0.25) is 0 Å². The highest BCUT2D eigenvalue weighted by Gasteiger charge is 2.18. The van der Waals surface area contributed by atoms with Crippen LogP contribution in [0, 0.1) is 0 Å². The number of benzene rings is 2. The van der Waals surface area contributed by atoms with E-state index in [1.807, 2.05) is 57.2 Å². The zero-order chi connectivity index (χ0) is 22.4. The Morgan fingerprint density at radius 1 is 1.00 bits per heavy atom. The van der Waals surface area contributed by atoms with Gasteiger partial charge >= 0.3 is 11.9 Å². The molecule has 0 amide bonds. The number of nitrogens with zero attached hydrogens (tertiary/aromatic N) is 1. The summed E-state index contributed by atoms with van der Waals surface area (Å²) in [6.45, 7) is 7.89. The number of esters is 2. The van der Waals surface area contributed by atoms with Gasteiger partial charge in [-0.15, -0.1) is 11.3 Å². The molecule has 0 saturated heterocycles. The lowest BCUT2D eigenvalue weighted by Crippen LogP contribution is -2.23. The van der Waals surface area contributed by atoms with E-state index in [1.165, 1.54) is 11.3 Å². The molecular formula is C24H25NO5S. The molecule has 0 bridgehead atoms. The van der Waals surface area contributed by atoms with E-state index in [-0.39, 0.29) is 11.7 Å². The van der Waals surface area contributed by atoms with Crippen molar-refractivity contribution < 1.29 is 23.8 Å². The summed E-state index contributed by atoms with van der Waals surface area (Å²) in [6, 6.07) is 14.7. The number of carbonyl (C=O) groups is 2. The van der Waals surface area contributed by atoms with Crippen molar-refractivity contribution in [3.8, 4) is 16.3 Å². The van der Waals surface area contributed by atoms with Crippen molar-refractivity contribution >= 4 is 23.3 Å². The maximum absolute atomic E-state index is 12.2. The molecule has 0 aliphatic rings. The second kappa shape index (κ2) is 9.75. The summed E-state index contributed by atoms with van der Waals surface area (Å²) in [6.07, 6.45) is 0. The van der Waals surface area contributed by atoms with Crippen LogP contribution in [-0.2, 0) is 16.1 Å². The summed E-state index contributed by atoms with van der Waals surface area (Å²) < 4.78 is 16.4. The van der Waals surface area contributed by atoms with E-state index >= 15 is 0 Å². The summed E-state index contributed by atoms with van der Waals surface area (Å²) in [7, 11) is 0. The first kappa shape index (κ1) is 22.5. The van der Waals surface area contributed by atoms with E-state index in [0.29, 0.717) is 29.5 Å². The lowest BCUT2D eigenvalue weighted by Gasteiger charge is -2.19. The zero-order valence-electron chi connectivity index (χ0n) is 18.0. The van der Waals surface area contributed by atoms with Crippen LogP contribution in [0.15, 0.2) is 53.9 Å². The molecule has 0 aliphatic carbocycles. The summed E-state index contributed by atoms with van der Waals surface area (Å²) in [5.41, 5.74) is 1.95. The predicted octanol–water partition coefficient (Wildman–Crippen LogP) is 5.52. The minimum Gasteiger partial charge on any atom is -0.488 e. The number of thiazole rings is 1. The van der Waals surface area contributed by atoms with Crippen LogP contribution in [0.5, 0.6) is 5.75 Å². The summed E-state index contributed by atoms with van der Waals surface area (Å²) >= 11 is 1.36. The minimum absolute atomic E-state index is 0.286. The van der Waals surface area contributed by atoms with Crippen molar-refractivity contribution in [2.24, 2.45) is 0 Å². The maximum Gasteiger partial charge on any atom is 0.357 e. The second-order valence-electron chi connectivity index (χ2n) is 7.74. The van der Waals surface area contributed by atoms with Crippen LogP contribution >= 0.6 is 11.3 Å². The van der Waals surface area contributed by atoms with E-state index < -0.39 is 11.6 Å². The highest BCUT2D eigenvalue weighted by Crippen LogP contribution is 2.32. The highest BCUT2D eigenvalue weighted by atomic mass is 32.1. The van der Waals surface area contributed by atoms with Crippen molar-refractivity contribution in [2.45, 2.75) is 39.9 Å². The molecule has 0 unspecified atom stereocenters. The molecule has 0 radical (unpaired) electrons. The Morgan fingerprint density at radius 3 is 2.39 bits per heavy atom. The van der Waals surface area contributed by atoms with Gasteiger partial charge in [-0.2, -0.15) is 0 Å². The normalized spacial score (nSPS) is 11.1. The van der Waals surface area contributed by atoms with Gasteiger partial charge in [0.05, 0.1) is 17.7 Å². The average Bonchev–Trinajstić information content (AvgIpc) is 3.22. The van der Waals surface area contributed by atoms with Gasteiger partial charge in [0, 0.05) is 5.38 Å². The topological polar surface area (TPSA) is 74.7 Å². The van der Waals surface area contributed by atoms with E-state index in [2.05, 4.69) is 4.98 Å². The number of para-hydroxylation sites is 1. The molecule has 31 heavy (non-hydrogen) atoms. The molecule has 0 aliphatic heterocycles. The Labute approximate surface area is 185 Å². The number of hydrogen-bond acceptors (Lipinski definition) is 7. The molecule has 1 heterocycles. The fourth-order valence-electron chi connectivity index (χ4n) is 2.70. The molecular weight excluding hydrogens is 414 g/mol. The first-order valence-electron chi connectivity index (χ1n) is 9.94. The quantitative estimate of drug-likeness (QED) is 0.451. The van der Waals surface area contributed by atoms with Gasteiger partial charge in [0.2, 0.25) is 0 Å². The van der Waals surface area contributed by atoms with Crippen LogP contribution in [0.3, 0.4) is 0 Å². The van der Waals surface area contributed by atoms with Crippen molar-refractivity contribution in [3.63, 3.8) is 0 Å². The molecule has 7 heteroatoms. The number of carbonyl (C=O) groups excluding carboxylic acids is 2. The third-order valence-corrected chi connectivity index (χ3v) is 4.96. The Kier molecular flexibility index (Phi) is 7.07. The van der Waals surface area contributed by atoms with Gasteiger partial charge in [0.15, 0.2) is 5.69 Å². The van der Waals surface area contributed by atoms with E-state index in [9.17, 15) is 9.59 Å². The summed E-state index contributed by atoms with van der Waals surface area (Å²) in [4.78, 5) is 28.4. The van der Waals surface area contributed by atoms with Crippen molar-refractivity contribution in [1.82, 2.24) is 4.98 Å². The largest absolute Gasteiger partial charge is 0.488 e. The second-order valence-corrected chi connectivity index (χ2v) is 8.60. The number of hydrogen-bond donors (Lipinski definition) is 0. The molecule has 1 aromatic heterocycles. The Morgan fingerprint density at radius 2 is 1.71 bits per heavy atom. The standard InChI is InChI=1S/C24H25NO5S/c1-5-28-23(27)19-15-31-21(25-19)18-8-6-7-9-20(18)29-14-16-10-12-17(13-11-16)22(26)30-24(2,3)4/h6-13,15H,5,14H2,1-4H3. The predicted molar refractivity (Wildman–Crippen MR) is 119 cm³/mol. The molecule has 0 atom stereocenters. The molecule has 0 fully saturated rings. The molecule has 0 N–H and O–H groups in total. The van der Waals surface area contributed by atoms with Crippen LogP contribution in [0.25, 0.3) is 10.6 Å². The third-order valence-electron chi connectivity index (χ3n) is 4.09. The van der Waals surface area contributed by atoms with Crippen molar-refractivity contribution in [1.29, 1.82) is 0 Å². The van der Waals surface area contributed by atoms with E-state index in [0.717, 1.165) is 11.1 Å². The summed E-state index contributed by atoms with van der Waals surface area (Å²) in [5, 5.41) is 2.36. The highest BCUT2D eigenvalue weighted by molar-refractivity contribution is 7.13. The first-order valence-corrected chi connectivity index (χ1v) is 10.8. The van der Waals surface area contributed by atoms with Gasteiger partial charge in [-0.1, -0.05) is 24.3 Å². The molecule has 6 nitrogen and oxygen atoms in total. The third kappa shape index (κ3) is 6.15. The van der Waals surface area contributed by atoms with Crippen LogP contribution < -0.4 is 4.74 Å². The van der Waals surface area contributed by atoms with Crippen LogP contribution in [-0.4, -0.2) is 29.1 Å². The minimum atomic E-state index is -0.536. The Hall–Kier alpha value is -3.19. The molecule has 0 saturated carbocycles. The van der Waals surface area contributed by atoms with Crippen LogP contribution in [0.2, 0.25) is 0 Å². The van der Waals surface area contributed by atoms with E-state index in [1.54, 1.807) is 24.4 Å². The van der Waals surface area contributed by atoms with Gasteiger partial charge in [-0.25, -0.2) is 14.6 Å². The summed E-state index contributed by atoms with van der Waals surface area (Å²) in [5.74, 6) is -0.136. The molecule has 0 spiro atoms. The van der Waals surface area contributed by atoms with Crippen LogP contribution in [0.4, 0.5) is 0 Å². The van der Waals surface area contributed by atoms with Gasteiger partial charge in [0.25, 0.3) is 0 Å². The monoisotopic (exact) mass is 439 g/mol. The zero-order valence-corrected chi connectivity index (χ0v) is 18.8. The van der Waals surface area contributed by atoms with Crippen LogP contribution in [0.1, 0.15) is 54.1 Å². The Balaban J connectivity index is 1.69. The average molecular weight is 440 g/mol. The van der Waals surface area contributed by atoms with Gasteiger partial charge in [0.1, 0.15) is 23.0 Å². The number of aromatic nitrogens is 1. The molecule has 162 valence electrons. The smallest absolute Gasteiger partial charge is 0.357 e. The number of rotatable bonds is 7. The SMILES string of the molecule is CCOC(=O)c1csc(-c2ccccc2OCc2ccc(C(=O)OC(C)(C)C)cc2)n1. The lowest BCUT2D eigenvalue weighted by atomic mass is 10.1.